The van der Waals surface area contributed by atoms with E-state index in [1.165, 1.54) is 18.6 Å². The maximum absolute atomic E-state index is 14.7. The fourth-order valence-electron chi connectivity index (χ4n) is 5.48. The molecular weight excluding hydrogens is 592 g/mol. The Morgan fingerprint density at radius 1 is 1.04 bits per heavy atom. The average molecular weight is 636 g/mol. The van der Waals surface area contributed by atoms with E-state index in [1.807, 2.05) is 86.8 Å². The standard InChI is InChI=1S/C39H43F2N5O/c1-7-13-34(44-28(4)43-31-17-10-14-29(24-31)15-12-22-42-5)36(35-19-8-9-23-46(35)6)27(3)30-16-11-18-32(25-30)45-39(47)37-33(40)21-20-26(2)38(37)41/h7-11,13-14,16-21,23-25,27,42H,1,12,15,22H2,2-6H3,(H,43,44)(H,45,47)/b34-13-,36-35+. The van der Waals surface area contributed by atoms with Gasteiger partial charge >= 0.3 is 0 Å². The molecule has 6 nitrogen and oxygen atoms in total. The minimum absolute atomic E-state index is 0.193. The summed E-state index contributed by atoms with van der Waals surface area (Å²) < 4.78 is 29.2. The Morgan fingerprint density at radius 3 is 2.51 bits per heavy atom. The Balaban J connectivity index is 1.68. The predicted molar refractivity (Wildman–Crippen MR) is 191 cm³/mol. The molecule has 1 amide bonds. The van der Waals surface area contributed by atoms with Crippen LogP contribution >= 0.6 is 0 Å². The van der Waals surface area contributed by atoms with Crippen molar-refractivity contribution in [1.29, 1.82) is 0 Å². The van der Waals surface area contributed by atoms with E-state index in [9.17, 15) is 13.6 Å². The van der Waals surface area contributed by atoms with Gasteiger partial charge in [0, 0.05) is 41.8 Å². The van der Waals surface area contributed by atoms with Crippen LogP contribution in [-0.4, -0.2) is 37.3 Å². The lowest BCUT2D eigenvalue weighted by molar-refractivity contribution is 0.101. The number of amidine groups is 1. The predicted octanol–water partition coefficient (Wildman–Crippen LogP) is 8.65. The quantitative estimate of drug-likeness (QED) is 0.0807. The van der Waals surface area contributed by atoms with E-state index in [4.69, 9.17) is 4.99 Å². The Kier molecular flexibility index (Phi) is 12.2. The summed E-state index contributed by atoms with van der Waals surface area (Å²) in [5, 5.41) is 9.32. The molecule has 0 spiro atoms. The first kappa shape index (κ1) is 34.8. The first-order valence-corrected chi connectivity index (χ1v) is 15.7. The van der Waals surface area contributed by atoms with Crippen LogP contribution in [0.25, 0.3) is 0 Å². The molecule has 0 saturated heterocycles. The van der Waals surface area contributed by atoms with Gasteiger partial charge in [-0.1, -0.05) is 56.0 Å². The zero-order valence-corrected chi connectivity index (χ0v) is 27.7. The van der Waals surface area contributed by atoms with Gasteiger partial charge in [0.1, 0.15) is 23.0 Å². The average Bonchev–Trinajstić information content (AvgIpc) is 3.04. The van der Waals surface area contributed by atoms with Crippen molar-refractivity contribution < 1.29 is 13.6 Å². The van der Waals surface area contributed by atoms with Crippen molar-refractivity contribution in [2.24, 2.45) is 4.99 Å². The maximum Gasteiger partial charge on any atom is 0.261 e. The zero-order valence-electron chi connectivity index (χ0n) is 27.7. The van der Waals surface area contributed by atoms with Gasteiger partial charge in [-0.05, 0) is 106 Å². The lowest BCUT2D eigenvalue weighted by Crippen LogP contribution is -2.18. The molecule has 1 atom stereocenters. The fourth-order valence-corrected chi connectivity index (χ4v) is 5.48. The minimum Gasteiger partial charge on any atom is -0.351 e. The van der Waals surface area contributed by atoms with Gasteiger partial charge in [-0.25, -0.2) is 13.8 Å². The molecule has 3 N–H and O–H groups in total. The molecule has 0 fully saturated rings. The summed E-state index contributed by atoms with van der Waals surface area (Å²) in [5.41, 5.74) is 5.65. The first-order valence-electron chi connectivity index (χ1n) is 15.7. The number of aryl methyl sites for hydroxylation is 2. The summed E-state index contributed by atoms with van der Waals surface area (Å²) in [6, 6.07) is 18.0. The molecule has 0 aliphatic carbocycles. The van der Waals surface area contributed by atoms with Crippen molar-refractivity contribution in [3.8, 4) is 0 Å². The topological polar surface area (TPSA) is 68.8 Å². The summed E-state index contributed by atoms with van der Waals surface area (Å²) in [7, 11) is 3.93. The molecule has 8 heteroatoms. The highest BCUT2D eigenvalue weighted by atomic mass is 19.1. The molecule has 0 saturated carbocycles. The summed E-state index contributed by atoms with van der Waals surface area (Å²) >= 11 is 0. The minimum atomic E-state index is -0.913. The lowest BCUT2D eigenvalue weighted by Gasteiger charge is -2.27. The summed E-state index contributed by atoms with van der Waals surface area (Å²) in [4.78, 5) is 20.1. The van der Waals surface area contributed by atoms with E-state index in [0.29, 0.717) is 17.2 Å². The molecule has 4 rings (SSSR count). The molecule has 1 aliphatic heterocycles. The number of rotatable bonds is 12. The highest BCUT2D eigenvalue weighted by molar-refractivity contribution is 6.04. The second kappa shape index (κ2) is 16.5. The highest BCUT2D eigenvalue weighted by Crippen LogP contribution is 2.36. The van der Waals surface area contributed by atoms with E-state index in [1.54, 1.807) is 12.1 Å². The molecule has 0 bridgehead atoms. The number of anilines is 2. The number of halogens is 2. The van der Waals surface area contributed by atoms with Crippen molar-refractivity contribution in [2.75, 3.05) is 31.3 Å². The molecular formula is C39H43F2N5O. The molecule has 3 aromatic rings. The third-order valence-electron chi connectivity index (χ3n) is 7.90. The van der Waals surface area contributed by atoms with Gasteiger partial charge in [-0.2, -0.15) is 0 Å². The molecule has 244 valence electrons. The van der Waals surface area contributed by atoms with Crippen molar-refractivity contribution in [3.05, 3.63) is 155 Å². The Labute approximate surface area is 277 Å². The second-order valence-electron chi connectivity index (χ2n) is 11.5. The van der Waals surface area contributed by atoms with Gasteiger partial charge in [0.25, 0.3) is 5.91 Å². The van der Waals surface area contributed by atoms with E-state index >= 15 is 0 Å². The number of likely N-dealkylation sites (N-methyl/N-ethyl adjacent to an activating group) is 1. The molecule has 1 aliphatic rings. The third kappa shape index (κ3) is 9.01. The summed E-state index contributed by atoms with van der Waals surface area (Å²) in [5.74, 6) is -2.15. The number of amides is 1. The number of carbonyl (C=O) groups excluding carboxylic acids is 1. The van der Waals surface area contributed by atoms with Gasteiger partial charge in [0.2, 0.25) is 0 Å². The number of hydrogen-bond acceptors (Lipinski definition) is 4. The summed E-state index contributed by atoms with van der Waals surface area (Å²) in [6.07, 6.45) is 13.6. The van der Waals surface area contributed by atoms with Crippen molar-refractivity contribution >= 4 is 23.1 Å². The first-order chi connectivity index (χ1) is 22.6. The molecule has 1 unspecified atom stereocenters. The van der Waals surface area contributed by atoms with E-state index < -0.39 is 23.1 Å². The van der Waals surface area contributed by atoms with Crippen LogP contribution in [-0.2, 0) is 6.42 Å². The van der Waals surface area contributed by atoms with Crippen LogP contribution in [0.1, 0.15) is 53.2 Å². The largest absolute Gasteiger partial charge is 0.351 e. The van der Waals surface area contributed by atoms with Crippen LogP contribution in [0.5, 0.6) is 0 Å². The van der Waals surface area contributed by atoms with Crippen LogP contribution < -0.4 is 16.0 Å². The van der Waals surface area contributed by atoms with Crippen LogP contribution in [0.4, 0.5) is 20.2 Å². The second-order valence-corrected chi connectivity index (χ2v) is 11.5. The SMILES string of the molecule is C=C/C=C(N=C(C)Nc1cccc(CCCNC)c1)/C(=C1\C=CC=CN1C)C(C)c1cccc(NC(=O)c2c(F)ccc(C)c2F)c1. The van der Waals surface area contributed by atoms with Gasteiger partial charge in [0.05, 0.1) is 5.70 Å². The Bertz CT molecular complexity index is 1770. The van der Waals surface area contributed by atoms with Crippen molar-refractivity contribution in [2.45, 2.75) is 39.5 Å². The number of nitrogens with zero attached hydrogens (tertiary/aromatic N) is 2. The normalized spacial score (nSPS) is 15.0. The van der Waals surface area contributed by atoms with Crippen LogP contribution in [0.2, 0.25) is 0 Å². The van der Waals surface area contributed by atoms with Gasteiger partial charge in [-0.3, -0.25) is 4.79 Å². The van der Waals surface area contributed by atoms with E-state index in [2.05, 4.69) is 41.6 Å². The van der Waals surface area contributed by atoms with Gasteiger partial charge < -0.3 is 20.9 Å². The van der Waals surface area contributed by atoms with Crippen molar-refractivity contribution in [1.82, 2.24) is 10.2 Å². The number of hydrogen-bond donors (Lipinski definition) is 3. The van der Waals surface area contributed by atoms with Crippen LogP contribution in [0, 0.1) is 18.6 Å². The molecule has 0 aromatic heterocycles. The van der Waals surface area contributed by atoms with E-state index in [0.717, 1.165) is 48.0 Å². The van der Waals surface area contributed by atoms with Gasteiger partial charge in [-0.15, -0.1) is 0 Å². The number of nitrogens with one attached hydrogen (secondary N) is 3. The van der Waals surface area contributed by atoms with Crippen LogP contribution in [0.3, 0.4) is 0 Å². The molecule has 1 heterocycles. The Morgan fingerprint density at radius 2 is 1.79 bits per heavy atom. The fraction of sp³-hybridized carbons (Fsp3) is 0.231. The number of carbonyl (C=O) groups is 1. The van der Waals surface area contributed by atoms with Crippen LogP contribution in [0.15, 0.2) is 126 Å². The van der Waals surface area contributed by atoms with Gasteiger partial charge in [0.15, 0.2) is 0 Å². The number of allylic oxidation sites excluding steroid dienone is 6. The molecule has 47 heavy (non-hydrogen) atoms. The Hall–Kier alpha value is -5.08. The third-order valence-corrected chi connectivity index (χ3v) is 7.90. The molecule has 0 radical (unpaired) electrons. The van der Waals surface area contributed by atoms with E-state index in [-0.39, 0.29) is 11.5 Å². The monoisotopic (exact) mass is 635 g/mol. The summed E-state index contributed by atoms with van der Waals surface area (Å²) in [6.45, 7) is 10.4. The van der Waals surface area contributed by atoms with Crippen molar-refractivity contribution in [3.63, 3.8) is 0 Å². The molecule has 3 aromatic carbocycles. The number of benzene rings is 3. The highest BCUT2D eigenvalue weighted by Gasteiger charge is 2.23. The zero-order chi connectivity index (χ0) is 33.9. The smallest absolute Gasteiger partial charge is 0.261 e. The lowest BCUT2D eigenvalue weighted by atomic mass is 9.88. The number of aliphatic imine (C=N–C) groups is 1. The maximum atomic E-state index is 14.7.